The first-order valence-electron chi connectivity index (χ1n) is 9.78. The monoisotopic (exact) mass is 380 g/mol. The third-order valence-electron chi connectivity index (χ3n) is 5.07. The smallest absolute Gasteiger partial charge is 0.255 e. The summed E-state index contributed by atoms with van der Waals surface area (Å²) in [6.07, 6.45) is 0. The molecule has 0 atom stereocenters. The summed E-state index contributed by atoms with van der Waals surface area (Å²) in [7, 11) is 0. The Morgan fingerprint density at radius 1 is 0.964 bits per heavy atom. The molecule has 0 unspecified atom stereocenters. The highest BCUT2D eigenvalue weighted by Gasteiger charge is 2.19. The maximum Gasteiger partial charge on any atom is 0.255 e. The predicted octanol–water partition coefficient (Wildman–Crippen LogP) is 2.72. The first kappa shape index (κ1) is 19.9. The Morgan fingerprint density at radius 2 is 1.64 bits per heavy atom. The van der Waals surface area contributed by atoms with Gasteiger partial charge in [-0.05, 0) is 36.4 Å². The minimum absolute atomic E-state index is 0.0711. The van der Waals surface area contributed by atoms with Gasteiger partial charge in [0.25, 0.3) is 5.91 Å². The number of hydrogen-bond donors (Lipinski definition) is 2. The standard InChI is InChI=1S/C22H28N4O2/c1-3-25-12-14-26(15-13-25)21-7-5-4-6-20(21)24-22(28)19-10-8-18(9-11-19)16-23-17(2)27/h4-11H,3,12-16H2,1-2H3,(H,23,27)(H,24,28). The number of carbonyl (C=O) groups excluding carboxylic acids is 2. The SMILES string of the molecule is CCN1CCN(c2ccccc2NC(=O)c2ccc(CNC(C)=O)cc2)CC1. The molecule has 0 aliphatic carbocycles. The fourth-order valence-electron chi connectivity index (χ4n) is 3.36. The van der Waals surface area contributed by atoms with Gasteiger partial charge in [0.05, 0.1) is 11.4 Å². The number of para-hydroxylation sites is 2. The molecule has 6 heteroatoms. The number of nitrogens with one attached hydrogen (secondary N) is 2. The molecular formula is C22H28N4O2. The number of likely N-dealkylation sites (N-methyl/N-ethyl adjacent to an activating group) is 1. The highest BCUT2D eigenvalue weighted by Crippen LogP contribution is 2.27. The van der Waals surface area contributed by atoms with Gasteiger partial charge in [-0.3, -0.25) is 9.59 Å². The molecule has 6 nitrogen and oxygen atoms in total. The highest BCUT2D eigenvalue weighted by molar-refractivity contribution is 6.06. The summed E-state index contributed by atoms with van der Waals surface area (Å²) in [5, 5.41) is 5.81. The highest BCUT2D eigenvalue weighted by atomic mass is 16.2. The second-order valence-electron chi connectivity index (χ2n) is 7.00. The Hall–Kier alpha value is -2.86. The van der Waals surface area contributed by atoms with Gasteiger partial charge < -0.3 is 20.4 Å². The van der Waals surface area contributed by atoms with Crippen molar-refractivity contribution in [2.75, 3.05) is 42.9 Å². The molecule has 0 spiro atoms. The molecule has 3 rings (SSSR count). The van der Waals surface area contributed by atoms with E-state index in [4.69, 9.17) is 0 Å². The van der Waals surface area contributed by atoms with Crippen LogP contribution in [0.3, 0.4) is 0 Å². The van der Waals surface area contributed by atoms with Crippen LogP contribution in [0.4, 0.5) is 11.4 Å². The van der Waals surface area contributed by atoms with Gasteiger partial charge in [-0.15, -0.1) is 0 Å². The van der Waals surface area contributed by atoms with Gasteiger partial charge in [0.2, 0.25) is 5.91 Å². The van der Waals surface area contributed by atoms with Gasteiger partial charge in [-0.25, -0.2) is 0 Å². The van der Waals surface area contributed by atoms with Gasteiger partial charge in [0.1, 0.15) is 0 Å². The van der Waals surface area contributed by atoms with E-state index < -0.39 is 0 Å². The average Bonchev–Trinajstić information content (AvgIpc) is 2.73. The van der Waals surface area contributed by atoms with E-state index in [1.807, 2.05) is 30.3 Å². The van der Waals surface area contributed by atoms with Crippen LogP contribution in [0.15, 0.2) is 48.5 Å². The Bertz CT molecular complexity index is 812. The molecule has 2 aromatic carbocycles. The minimum atomic E-state index is -0.134. The molecule has 2 N–H and O–H groups in total. The van der Waals surface area contributed by atoms with Crippen LogP contribution >= 0.6 is 0 Å². The van der Waals surface area contributed by atoms with E-state index in [9.17, 15) is 9.59 Å². The van der Waals surface area contributed by atoms with Crippen LogP contribution in [-0.4, -0.2) is 49.4 Å². The molecule has 0 bridgehead atoms. The Balaban J connectivity index is 1.67. The summed E-state index contributed by atoms with van der Waals surface area (Å²) in [4.78, 5) is 28.5. The van der Waals surface area contributed by atoms with Crippen molar-refractivity contribution in [1.82, 2.24) is 10.2 Å². The molecule has 148 valence electrons. The molecule has 0 aromatic heterocycles. The zero-order chi connectivity index (χ0) is 19.9. The molecule has 1 saturated heterocycles. The van der Waals surface area contributed by atoms with Crippen molar-refractivity contribution in [1.29, 1.82) is 0 Å². The molecule has 0 radical (unpaired) electrons. The van der Waals surface area contributed by atoms with Gasteiger partial charge >= 0.3 is 0 Å². The lowest BCUT2D eigenvalue weighted by molar-refractivity contribution is -0.119. The Morgan fingerprint density at radius 3 is 2.29 bits per heavy atom. The molecular weight excluding hydrogens is 352 g/mol. The largest absolute Gasteiger partial charge is 0.367 e. The lowest BCUT2D eigenvalue weighted by Gasteiger charge is -2.36. The van der Waals surface area contributed by atoms with E-state index >= 15 is 0 Å². The molecule has 2 aromatic rings. The number of hydrogen-bond acceptors (Lipinski definition) is 4. The number of carbonyl (C=O) groups is 2. The Kier molecular flexibility index (Phi) is 6.66. The second kappa shape index (κ2) is 9.37. The summed E-state index contributed by atoms with van der Waals surface area (Å²) >= 11 is 0. The van der Waals surface area contributed by atoms with Crippen molar-refractivity contribution in [3.8, 4) is 0 Å². The minimum Gasteiger partial charge on any atom is -0.367 e. The van der Waals surface area contributed by atoms with Crippen LogP contribution in [-0.2, 0) is 11.3 Å². The number of nitrogens with zero attached hydrogens (tertiary/aromatic N) is 2. The maximum atomic E-state index is 12.7. The van der Waals surface area contributed by atoms with Crippen LogP contribution in [0.2, 0.25) is 0 Å². The summed E-state index contributed by atoms with van der Waals surface area (Å²) in [6, 6.07) is 15.3. The topological polar surface area (TPSA) is 64.7 Å². The van der Waals surface area contributed by atoms with E-state index in [1.54, 1.807) is 12.1 Å². The average molecular weight is 380 g/mol. The normalized spacial score (nSPS) is 14.6. The summed E-state index contributed by atoms with van der Waals surface area (Å²) in [5.74, 6) is -0.205. The van der Waals surface area contributed by atoms with Crippen LogP contribution < -0.4 is 15.5 Å². The number of piperazine rings is 1. The van der Waals surface area contributed by atoms with Crippen molar-refractivity contribution in [3.05, 3.63) is 59.7 Å². The molecule has 1 aliphatic rings. The first-order valence-corrected chi connectivity index (χ1v) is 9.78. The Labute approximate surface area is 166 Å². The lowest BCUT2D eigenvalue weighted by atomic mass is 10.1. The van der Waals surface area contributed by atoms with Crippen LogP contribution in [0.1, 0.15) is 29.8 Å². The molecule has 0 saturated carbocycles. The van der Waals surface area contributed by atoms with Crippen LogP contribution in [0.25, 0.3) is 0 Å². The van der Waals surface area contributed by atoms with E-state index in [0.717, 1.165) is 49.7 Å². The van der Waals surface area contributed by atoms with E-state index in [1.165, 1.54) is 6.92 Å². The van der Waals surface area contributed by atoms with Crippen molar-refractivity contribution < 1.29 is 9.59 Å². The zero-order valence-corrected chi connectivity index (χ0v) is 16.6. The lowest BCUT2D eigenvalue weighted by Crippen LogP contribution is -2.46. The van der Waals surface area contributed by atoms with Crippen molar-refractivity contribution in [2.45, 2.75) is 20.4 Å². The molecule has 1 fully saturated rings. The predicted molar refractivity (Wildman–Crippen MR) is 113 cm³/mol. The van der Waals surface area contributed by atoms with Crippen molar-refractivity contribution in [2.24, 2.45) is 0 Å². The molecule has 2 amide bonds. The third-order valence-corrected chi connectivity index (χ3v) is 5.07. The van der Waals surface area contributed by atoms with E-state index in [2.05, 4.69) is 33.4 Å². The van der Waals surface area contributed by atoms with Gasteiger partial charge in [0.15, 0.2) is 0 Å². The van der Waals surface area contributed by atoms with Gasteiger partial charge in [0, 0.05) is 45.2 Å². The summed E-state index contributed by atoms with van der Waals surface area (Å²) < 4.78 is 0. The molecule has 28 heavy (non-hydrogen) atoms. The first-order chi connectivity index (χ1) is 13.6. The van der Waals surface area contributed by atoms with Gasteiger partial charge in [-0.2, -0.15) is 0 Å². The number of amides is 2. The van der Waals surface area contributed by atoms with Crippen molar-refractivity contribution in [3.63, 3.8) is 0 Å². The van der Waals surface area contributed by atoms with Crippen LogP contribution in [0, 0.1) is 0 Å². The van der Waals surface area contributed by atoms with E-state index in [-0.39, 0.29) is 11.8 Å². The number of rotatable bonds is 6. The summed E-state index contributed by atoms with van der Waals surface area (Å²) in [5.41, 5.74) is 3.45. The third kappa shape index (κ3) is 5.10. The fourth-order valence-corrected chi connectivity index (χ4v) is 3.36. The summed E-state index contributed by atoms with van der Waals surface area (Å²) in [6.45, 7) is 9.20. The fraction of sp³-hybridized carbons (Fsp3) is 0.364. The maximum absolute atomic E-state index is 12.7. The van der Waals surface area contributed by atoms with Crippen molar-refractivity contribution >= 4 is 23.2 Å². The zero-order valence-electron chi connectivity index (χ0n) is 16.6. The number of anilines is 2. The van der Waals surface area contributed by atoms with E-state index in [0.29, 0.717) is 12.1 Å². The van der Waals surface area contributed by atoms with Crippen LogP contribution in [0.5, 0.6) is 0 Å². The molecule has 1 heterocycles. The quantitative estimate of drug-likeness (QED) is 0.809. The van der Waals surface area contributed by atoms with Gasteiger partial charge in [-0.1, -0.05) is 31.2 Å². The second-order valence-corrected chi connectivity index (χ2v) is 7.00. The number of benzene rings is 2. The molecule has 1 aliphatic heterocycles.